The molecule has 0 spiro atoms. The van der Waals surface area contributed by atoms with E-state index in [9.17, 15) is 14.7 Å². The summed E-state index contributed by atoms with van der Waals surface area (Å²) in [5, 5.41) is 20.5. The van der Waals surface area contributed by atoms with E-state index in [1.54, 1.807) is 0 Å². The van der Waals surface area contributed by atoms with E-state index in [2.05, 4.69) is 5.32 Å². The molecule has 86 valence electrons. The Morgan fingerprint density at radius 2 is 2.07 bits per heavy atom. The van der Waals surface area contributed by atoms with Crippen molar-refractivity contribution in [1.82, 2.24) is 5.32 Å². The molecule has 1 amide bonds. The molecule has 6 nitrogen and oxygen atoms in total. The third kappa shape index (κ3) is 3.49. The second kappa shape index (κ2) is 4.59. The van der Waals surface area contributed by atoms with Gasteiger partial charge in [0.1, 0.15) is 0 Å². The molecular formula is C9H16N2O4. The summed E-state index contributed by atoms with van der Waals surface area (Å²) in [5.74, 6) is -1.64. The minimum absolute atomic E-state index is 0.152. The largest absolute Gasteiger partial charge is 0.481 e. The number of hydrogen-bond acceptors (Lipinski definition) is 4. The highest BCUT2D eigenvalue weighted by molar-refractivity contribution is 5.85. The van der Waals surface area contributed by atoms with Crippen LogP contribution in [-0.4, -0.2) is 40.3 Å². The molecule has 1 unspecified atom stereocenters. The number of nitrogens with one attached hydrogen (secondary N) is 1. The Morgan fingerprint density at radius 1 is 1.47 bits per heavy atom. The van der Waals surface area contributed by atoms with Crippen LogP contribution in [0.1, 0.15) is 25.7 Å². The van der Waals surface area contributed by atoms with Crippen LogP contribution in [0.2, 0.25) is 0 Å². The lowest BCUT2D eigenvalue weighted by atomic mass is 9.80. The van der Waals surface area contributed by atoms with Crippen LogP contribution in [0.4, 0.5) is 0 Å². The molecule has 1 fully saturated rings. The number of aliphatic carboxylic acids is 1. The molecule has 5 N–H and O–H groups in total. The highest BCUT2D eigenvalue weighted by atomic mass is 16.4. The van der Waals surface area contributed by atoms with E-state index >= 15 is 0 Å². The fraction of sp³-hybridized carbons (Fsp3) is 0.778. The van der Waals surface area contributed by atoms with Gasteiger partial charge in [0.15, 0.2) is 0 Å². The molecule has 1 saturated carbocycles. The highest BCUT2D eigenvalue weighted by Gasteiger charge is 2.34. The van der Waals surface area contributed by atoms with Crippen molar-refractivity contribution >= 4 is 11.9 Å². The van der Waals surface area contributed by atoms with Crippen LogP contribution in [0.15, 0.2) is 0 Å². The average molecular weight is 216 g/mol. The van der Waals surface area contributed by atoms with E-state index in [0.717, 1.165) is 6.42 Å². The standard InChI is InChI=1S/C9H16N2O4/c10-6(4-7(12)13)8(14)11-5-9(15)2-1-3-9/h6,15H,1-5,10H2,(H,11,14)(H,12,13). The number of carboxylic acids is 1. The van der Waals surface area contributed by atoms with Gasteiger partial charge in [0, 0.05) is 6.54 Å². The van der Waals surface area contributed by atoms with E-state index in [1.165, 1.54) is 0 Å². The lowest BCUT2D eigenvalue weighted by molar-refractivity contribution is -0.139. The number of carbonyl (C=O) groups is 2. The van der Waals surface area contributed by atoms with E-state index in [0.29, 0.717) is 12.8 Å². The minimum atomic E-state index is -1.11. The third-order valence-corrected chi connectivity index (χ3v) is 2.61. The average Bonchev–Trinajstić information content (AvgIpc) is 2.10. The van der Waals surface area contributed by atoms with E-state index in [-0.39, 0.29) is 6.54 Å². The van der Waals surface area contributed by atoms with E-state index in [4.69, 9.17) is 10.8 Å². The SMILES string of the molecule is NC(CC(=O)O)C(=O)NCC1(O)CCC1. The minimum Gasteiger partial charge on any atom is -0.481 e. The highest BCUT2D eigenvalue weighted by Crippen LogP contribution is 2.30. The predicted molar refractivity (Wildman–Crippen MR) is 52.0 cm³/mol. The molecule has 1 aliphatic rings. The summed E-state index contributed by atoms with van der Waals surface area (Å²) < 4.78 is 0. The Labute approximate surface area is 87.5 Å². The number of carboxylic acid groups (broad SMARTS) is 1. The van der Waals surface area contributed by atoms with Gasteiger partial charge in [-0.25, -0.2) is 0 Å². The van der Waals surface area contributed by atoms with E-state index < -0.39 is 29.9 Å². The molecule has 0 heterocycles. The maximum absolute atomic E-state index is 11.3. The maximum Gasteiger partial charge on any atom is 0.305 e. The molecule has 0 aromatic rings. The zero-order valence-corrected chi connectivity index (χ0v) is 8.40. The fourth-order valence-electron chi connectivity index (χ4n) is 1.43. The molecule has 0 aromatic carbocycles. The summed E-state index contributed by atoms with van der Waals surface area (Å²) in [5.41, 5.74) is 4.53. The fourth-order valence-corrected chi connectivity index (χ4v) is 1.43. The number of hydrogen-bond donors (Lipinski definition) is 4. The third-order valence-electron chi connectivity index (χ3n) is 2.61. The van der Waals surface area contributed by atoms with Gasteiger partial charge in [-0.2, -0.15) is 0 Å². The smallest absolute Gasteiger partial charge is 0.305 e. The number of carbonyl (C=O) groups excluding carboxylic acids is 1. The van der Waals surface area contributed by atoms with Crippen LogP contribution < -0.4 is 11.1 Å². The zero-order valence-electron chi connectivity index (χ0n) is 8.40. The molecule has 0 bridgehead atoms. The molecule has 6 heteroatoms. The molecule has 0 aliphatic heterocycles. The van der Waals surface area contributed by atoms with Gasteiger partial charge in [-0.05, 0) is 19.3 Å². The van der Waals surface area contributed by atoms with Gasteiger partial charge in [0.2, 0.25) is 5.91 Å². The van der Waals surface area contributed by atoms with Crippen molar-refractivity contribution in [3.05, 3.63) is 0 Å². The molecule has 15 heavy (non-hydrogen) atoms. The van der Waals surface area contributed by atoms with Gasteiger partial charge in [0.25, 0.3) is 0 Å². The first kappa shape index (κ1) is 11.9. The number of aliphatic hydroxyl groups is 1. The normalized spacial score (nSPS) is 20.1. The second-order valence-corrected chi connectivity index (χ2v) is 4.00. The second-order valence-electron chi connectivity index (χ2n) is 4.00. The Balaban J connectivity index is 2.25. The molecule has 1 atom stereocenters. The molecule has 1 rings (SSSR count). The first-order chi connectivity index (χ1) is 6.93. The number of rotatable bonds is 5. The lowest BCUT2D eigenvalue weighted by Crippen LogP contribution is -2.51. The molecule has 1 aliphatic carbocycles. The Bertz CT molecular complexity index is 263. The molecule has 0 aromatic heterocycles. The van der Waals surface area contributed by atoms with Crippen molar-refractivity contribution in [3.8, 4) is 0 Å². The Hall–Kier alpha value is -1.14. The summed E-state index contributed by atoms with van der Waals surface area (Å²) >= 11 is 0. The topological polar surface area (TPSA) is 113 Å². The van der Waals surface area contributed by atoms with Gasteiger partial charge < -0.3 is 21.3 Å². The van der Waals surface area contributed by atoms with Gasteiger partial charge in [0.05, 0.1) is 18.1 Å². The van der Waals surface area contributed by atoms with Crippen molar-refractivity contribution in [3.63, 3.8) is 0 Å². The first-order valence-corrected chi connectivity index (χ1v) is 4.90. The van der Waals surface area contributed by atoms with Crippen LogP contribution in [0, 0.1) is 0 Å². The molecule has 0 radical (unpaired) electrons. The van der Waals surface area contributed by atoms with Gasteiger partial charge >= 0.3 is 5.97 Å². The summed E-state index contributed by atoms with van der Waals surface area (Å²) in [6, 6.07) is -1.05. The first-order valence-electron chi connectivity index (χ1n) is 4.90. The van der Waals surface area contributed by atoms with Gasteiger partial charge in [-0.15, -0.1) is 0 Å². The van der Waals surface area contributed by atoms with E-state index in [1.807, 2.05) is 0 Å². The van der Waals surface area contributed by atoms with Crippen LogP contribution in [-0.2, 0) is 9.59 Å². The monoisotopic (exact) mass is 216 g/mol. The summed E-state index contributed by atoms with van der Waals surface area (Å²) in [7, 11) is 0. The maximum atomic E-state index is 11.3. The van der Waals surface area contributed by atoms with Gasteiger partial charge in [-0.3, -0.25) is 9.59 Å². The van der Waals surface area contributed by atoms with Crippen molar-refractivity contribution in [2.45, 2.75) is 37.3 Å². The summed E-state index contributed by atoms with van der Waals surface area (Å²) in [6.07, 6.45) is 1.89. The Kier molecular flexibility index (Phi) is 3.65. The number of nitrogens with two attached hydrogens (primary N) is 1. The van der Waals surface area contributed by atoms with Crippen LogP contribution >= 0.6 is 0 Å². The molecule has 0 saturated heterocycles. The van der Waals surface area contributed by atoms with Gasteiger partial charge in [-0.1, -0.05) is 0 Å². The predicted octanol–water partition coefficient (Wildman–Crippen LogP) is -1.18. The van der Waals surface area contributed by atoms with Crippen molar-refractivity contribution in [2.75, 3.05) is 6.54 Å². The van der Waals surface area contributed by atoms with Crippen molar-refractivity contribution in [2.24, 2.45) is 5.73 Å². The Morgan fingerprint density at radius 3 is 2.47 bits per heavy atom. The lowest BCUT2D eigenvalue weighted by Gasteiger charge is -2.36. The summed E-state index contributed by atoms with van der Waals surface area (Å²) in [4.78, 5) is 21.5. The van der Waals surface area contributed by atoms with Crippen LogP contribution in [0.25, 0.3) is 0 Å². The molecular weight excluding hydrogens is 200 g/mol. The zero-order chi connectivity index (χ0) is 11.5. The van der Waals surface area contributed by atoms with Crippen LogP contribution in [0.3, 0.4) is 0 Å². The summed E-state index contributed by atoms with van der Waals surface area (Å²) in [6.45, 7) is 0.152. The van der Waals surface area contributed by atoms with Crippen LogP contribution in [0.5, 0.6) is 0 Å². The van der Waals surface area contributed by atoms with Crippen molar-refractivity contribution < 1.29 is 19.8 Å². The quantitative estimate of drug-likeness (QED) is 0.462. The van der Waals surface area contributed by atoms with Crippen molar-refractivity contribution in [1.29, 1.82) is 0 Å². The number of amides is 1.